The van der Waals surface area contributed by atoms with Crippen molar-refractivity contribution in [1.29, 1.82) is 0 Å². The second-order valence-corrected chi connectivity index (χ2v) is 8.33. The van der Waals surface area contributed by atoms with Gasteiger partial charge in [0.15, 0.2) is 11.6 Å². The van der Waals surface area contributed by atoms with Gasteiger partial charge in [-0.05, 0) is 49.9 Å². The number of aliphatic imine (C=N–C) groups is 2. The van der Waals surface area contributed by atoms with Crippen LogP contribution in [0.2, 0.25) is 0 Å². The van der Waals surface area contributed by atoms with Crippen molar-refractivity contribution in [2.24, 2.45) is 9.98 Å². The first-order chi connectivity index (χ1) is 15.4. The molecule has 0 saturated heterocycles. The first-order valence-electron chi connectivity index (χ1n) is 11.6. The molecular formula is C26H32N2O4. The topological polar surface area (TPSA) is 99.3 Å². The van der Waals surface area contributed by atoms with E-state index in [-0.39, 0.29) is 23.1 Å². The molecular weight excluding hydrogens is 404 g/mol. The fraction of sp³-hybridized carbons (Fsp3) is 0.462. The molecule has 0 aliphatic heterocycles. The van der Waals surface area contributed by atoms with Crippen LogP contribution in [0.15, 0.2) is 56.9 Å². The van der Waals surface area contributed by atoms with E-state index in [1.807, 2.05) is 38.1 Å². The number of nitrogens with zero attached hydrogens (tertiary/aromatic N) is 2. The summed E-state index contributed by atoms with van der Waals surface area (Å²) < 4.78 is 0. The van der Waals surface area contributed by atoms with Gasteiger partial charge < -0.3 is 10.2 Å². The number of hydrogen-bond donors (Lipinski definition) is 2. The fourth-order valence-electron chi connectivity index (χ4n) is 4.17. The number of carbonyl (C=O) groups is 2. The summed E-state index contributed by atoms with van der Waals surface area (Å²) in [6, 6.07) is 7.28. The molecule has 32 heavy (non-hydrogen) atoms. The number of allylic oxidation sites excluding steroid dienone is 4. The van der Waals surface area contributed by atoms with Crippen molar-refractivity contribution in [3.05, 3.63) is 46.9 Å². The van der Waals surface area contributed by atoms with Crippen LogP contribution < -0.4 is 0 Å². The van der Waals surface area contributed by atoms with E-state index < -0.39 is 0 Å². The summed E-state index contributed by atoms with van der Waals surface area (Å²) in [4.78, 5) is 34.1. The maximum absolute atomic E-state index is 12.4. The van der Waals surface area contributed by atoms with Crippen LogP contribution in [0.1, 0.15) is 78.1 Å². The van der Waals surface area contributed by atoms with E-state index >= 15 is 0 Å². The summed E-state index contributed by atoms with van der Waals surface area (Å²) in [7, 11) is 0. The number of aliphatic hydroxyl groups excluding tert-OH is 2. The predicted molar refractivity (Wildman–Crippen MR) is 127 cm³/mol. The Balaban J connectivity index is 1.91. The lowest BCUT2D eigenvalue weighted by atomic mass is 9.91. The third-order valence-electron chi connectivity index (χ3n) is 5.70. The molecule has 6 nitrogen and oxygen atoms in total. The Kier molecular flexibility index (Phi) is 8.14. The standard InChI is InChI=1S/C26H32N2O4/c1-3-7-19(25-21(29)9-5-10-22(25)30)27-17-13-15-18(16-14-17)28-20(8-4-2)26-23(31)11-6-12-24(26)32/h13-16,29,31H,3-12H2,1-2H3. The molecule has 0 aromatic heterocycles. The van der Waals surface area contributed by atoms with E-state index in [1.165, 1.54) is 0 Å². The molecule has 3 rings (SSSR count). The summed E-state index contributed by atoms with van der Waals surface area (Å²) in [6.07, 6.45) is 6.12. The van der Waals surface area contributed by atoms with Crippen LogP contribution in [0.25, 0.3) is 0 Å². The van der Waals surface area contributed by atoms with E-state index in [1.54, 1.807) is 0 Å². The third kappa shape index (κ3) is 5.61. The molecule has 0 amide bonds. The van der Waals surface area contributed by atoms with E-state index in [2.05, 4.69) is 9.98 Å². The Morgan fingerprint density at radius 3 is 1.41 bits per heavy atom. The van der Waals surface area contributed by atoms with Gasteiger partial charge in [0.1, 0.15) is 11.5 Å². The van der Waals surface area contributed by atoms with Gasteiger partial charge in [-0.15, -0.1) is 0 Å². The minimum Gasteiger partial charge on any atom is -0.511 e. The molecule has 170 valence electrons. The van der Waals surface area contributed by atoms with Gasteiger partial charge in [0.05, 0.1) is 33.9 Å². The van der Waals surface area contributed by atoms with Crippen molar-refractivity contribution in [3.8, 4) is 0 Å². The smallest absolute Gasteiger partial charge is 0.168 e. The van der Waals surface area contributed by atoms with Gasteiger partial charge >= 0.3 is 0 Å². The van der Waals surface area contributed by atoms with E-state index in [0.29, 0.717) is 85.3 Å². The van der Waals surface area contributed by atoms with Gasteiger partial charge in [-0.25, -0.2) is 0 Å². The van der Waals surface area contributed by atoms with Crippen LogP contribution in [0, 0.1) is 0 Å². The van der Waals surface area contributed by atoms with E-state index in [0.717, 1.165) is 12.8 Å². The van der Waals surface area contributed by atoms with Crippen LogP contribution in [0.3, 0.4) is 0 Å². The number of ketones is 2. The molecule has 0 unspecified atom stereocenters. The van der Waals surface area contributed by atoms with E-state index in [9.17, 15) is 19.8 Å². The molecule has 0 fully saturated rings. The number of carbonyl (C=O) groups excluding carboxylic acids is 2. The maximum Gasteiger partial charge on any atom is 0.168 e. The van der Waals surface area contributed by atoms with Crippen LogP contribution in [0.4, 0.5) is 11.4 Å². The lowest BCUT2D eigenvalue weighted by molar-refractivity contribution is -0.116. The van der Waals surface area contributed by atoms with Crippen LogP contribution >= 0.6 is 0 Å². The number of rotatable bonds is 8. The number of Topliss-reactive ketones (excluding diaryl/α,β-unsaturated/α-hetero) is 2. The summed E-state index contributed by atoms with van der Waals surface area (Å²) in [5.41, 5.74) is 3.37. The number of aliphatic hydroxyl groups is 2. The van der Waals surface area contributed by atoms with Crippen LogP contribution in [-0.4, -0.2) is 33.2 Å². The SMILES string of the molecule is CCCC(=Nc1ccc(N=C(CCC)C2=C(O)CCCC2=O)cc1)C1=C(O)CCCC1=O. The molecule has 0 bridgehead atoms. The average molecular weight is 437 g/mol. The van der Waals surface area contributed by atoms with Crippen molar-refractivity contribution in [2.45, 2.75) is 78.1 Å². The molecule has 1 aromatic carbocycles. The van der Waals surface area contributed by atoms with Crippen molar-refractivity contribution in [1.82, 2.24) is 0 Å². The zero-order chi connectivity index (χ0) is 23.1. The molecule has 2 aliphatic rings. The van der Waals surface area contributed by atoms with Gasteiger partial charge in [0.2, 0.25) is 0 Å². The quantitative estimate of drug-likeness (QED) is 0.451. The molecule has 0 radical (unpaired) electrons. The predicted octanol–water partition coefficient (Wildman–Crippen LogP) is 6.56. The third-order valence-corrected chi connectivity index (χ3v) is 5.70. The van der Waals surface area contributed by atoms with Crippen molar-refractivity contribution in [3.63, 3.8) is 0 Å². The molecule has 1 aromatic rings. The number of hydrogen-bond acceptors (Lipinski definition) is 6. The average Bonchev–Trinajstić information content (AvgIpc) is 2.75. The van der Waals surface area contributed by atoms with Gasteiger partial charge in [-0.1, -0.05) is 26.7 Å². The zero-order valence-corrected chi connectivity index (χ0v) is 19.0. The Morgan fingerprint density at radius 2 is 1.09 bits per heavy atom. The Bertz CT molecular complexity index is 916. The highest BCUT2D eigenvalue weighted by atomic mass is 16.3. The first kappa shape index (κ1) is 23.6. The largest absolute Gasteiger partial charge is 0.511 e. The number of benzene rings is 1. The maximum atomic E-state index is 12.4. The molecule has 0 spiro atoms. The van der Waals surface area contributed by atoms with Gasteiger partial charge in [0, 0.05) is 25.7 Å². The highest BCUT2D eigenvalue weighted by Crippen LogP contribution is 2.28. The Hall–Kier alpha value is -3.02. The summed E-state index contributed by atoms with van der Waals surface area (Å²) in [6.45, 7) is 4.04. The second-order valence-electron chi connectivity index (χ2n) is 8.33. The van der Waals surface area contributed by atoms with Crippen molar-refractivity contribution in [2.75, 3.05) is 0 Å². The Morgan fingerprint density at radius 1 is 0.719 bits per heavy atom. The second kappa shape index (κ2) is 11.0. The molecule has 2 N–H and O–H groups in total. The lowest BCUT2D eigenvalue weighted by Gasteiger charge is -2.17. The van der Waals surface area contributed by atoms with Crippen molar-refractivity contribution >= 4 is 34.4 Å². The minimum atomic E-state index is -0.0448. The van der Waals surface area contributed by atoms with Crippen LogP contribution in [-0.2, 0) is 9.59 Å². The normalized spacial score (nSPS) is 18.6. The monoisotopic (exact) mass is 436 g/mol. The fourth-order valence-corrected chi connectivity index (χ4v) is 4.17. The zero-order valence-electron chi connectivity index (χ0n) is 19.0. The highest BCUT2D eigenvalue weighted by Gasteiger charge is 2.25. The molecule has 6 heteroatoms. The summed E-state index contributed by atoms with van der Waals surface area (Å²) >= 11 is 0. The molecule has 0 atom stereocenters. The van der Waals surface area contributed by atoms with Gasteiger partial charge in [-0.2, -0.15) is 0 Å². The van der Waals surface area contributed by atoms with Gasteiger partial charge in [-0.3, -0.25) is 19.6 Å². The minimum absolute atomic E-state index is 0.0448. The van der Waals surface area contributed by atoms with Gasteiger partial charge in [0.25, 0.3) is 0 Å². The summed E-state index contributed by atoms with van der Waals surface area (Å²) in [5.74, 6) is 0.196. The summed E-state index contributed by atoms with van der Waals surface area (Å²) in [5, 5.41) is 20.6. The molecule has 0 heterocycles. The van der Waals surface area contributed by atoms with E-state index in [4.69, 9.17) is 0 Å². The molecule has 0 saturated carbocycles. The Labute approximate surface area is 189 Å². The molecule has 2 aliphatic carbocycles. The highest BCUT2D eigenvalue weighted by molar-refractivity contribution is 6.24. The van der Waals surface area contributed by atoms with Crippen LogP contribution in [0.5, 0.6) is 0 Å². The lowest BCUT2D eigenvalue weighted by Crippen LogP contribution is -2.19. The first-order valence-corrected chi connectivity index (χ1v) is 11.6. The van der Waals surface area contributed by atoms with Crippen molar-refractivity contribution < 1.29 is 19.8 Å².